The third-order valence-electron chi connectivity index (χ3n) is 9.07. The molecule has 11 nitrogen and oxygen atoms in total. The summed E-state index contributed by atoms with van der Waals surface area (Å²) in [5.41, 5.74) is 1.88. The zero-order valence-corrected chi connectivity index (χ0v) is 24.3. The van der Waals surface area contributed by atoms with Crippen LogP contribution in [0.3, 0.4) is 0 Å². The summed E-state index contributed by atoms with van der Waals surface area (Å²) in [6.07, 6.45) is 9.29. The van der Waals surface area contributed by atoms with E-state index in [0.29, 0.717) is 41.6 Å². The molecule has 220 valence electrons. The van der Waals surface area contributed by atoms with Crippen molar-refractivity contribution in [2.24, 2.45) is 0 Å². The highest BCUT2D eigenvalue weighted by Crippen LogP contribution is 2.40. The summed E-state index contributed by atoms with van der Waals surface area (Å²) in [6, 6.07) is 5.89. The van der Waals surface area contributed by atoms with Crippen molar-refractivity contribution in [1.82, 2.24) is 20.2 Å². The molecule has 2 saturated heterocycles. The number of ether oxygens (including phenoxy) is 2. The molecule has 0 radical (unpaired) electrons. The second kappa shape index (κ2) is 11.8. The van der Waals surface area contributed by atoms with Crippen LogP contribution in [-0.4, -0.2) is 91.3 Å². The summed E-state index contributed by atoms with van der Waals surface area (Å²) < 4.78 is 11.6. The quantitative estimate of drug-likeness (QED) is 0.500. The van der Waals surface area contributed by atoms with E-state index >= 15 is 0 Å². The molecule has 1 aliphatic carbocycles. The summed E-state index contributed by atoms with van der Waals surface area (Å²) in [5, 5.41) is 6.30. The highest BCUT2D eigenvalue weighted by Gasteiger charge is 2.41. The lowest BCUT2D eigenvalue weighted by molar-refractivity contribution is -0.120. The topological polar surface area (TPSA) is 112 Å². The summed E-state index contributed by atoms with van der Waals surface area (Å²) >= 11 is 0. The van der Waals surface area contributed by atoms with Crippen LogP contribution in [0.1, 0.15) is 62.2 Å². The molecular weight excluding hydrogens is 522 g/mol. The molecule has 1 aromatic heterocycles. The van der Waals surface area contributed by atoms with Gasteiger partial charge in [-0.1, -0.05) is 19.8 Å². The Morgan fingerprint density at radius 2 is 1.98 bits per heavy atom. The number of carbonyl (C=O) groups is 2. The average Bonchev–Trinajstić information content (AvgIpc) is 3.70. The number of carbonyl (C=O) groups excluding carboxylic acids is 2. The third-order valence-corrected chi connectivity index (χ3v) is 9.07. The lowest BCUT2D eigenvalue weighted by atomic mass is 10.0. The van der Waals surface area contributed by atoms with E-state index in [1.165, 1.54) is 12.8 Å². The first-order valence-electron chi connectivity index (χ1n) is 15.0. The first-order chi connectivity index (χ1) is 20.0. The summed E-state index contributed by atoms with van der Waals surface area (Å²) in [6.45, 7) is 5.24. The maximum absolute atomic E-state index is 13.2. The Morgan fingerprint density at radius 3 is 2.76 bits per heavy atom. The lowest BCUT2D eigenvalue weighted by Crippen LogP contribution is -2.55. The molecule has 0 bridgehead atoms. The van der Waals surface area contributed by atoms with Crippen molar-refractivity contribution in [2.75, 3.05) is 55.5 Å². The number of morpholine rings is 1. The van der Waals surface area contributed by atoms with E-state index in [-0.39, 0.29) is 24.0 Å². The molecule has 2 aromatic rings. The molecule has 11 heteroatoms. The Balaban J connectivity index is 1.17. The highest BCUT2D eigenvalue weighted by molar-refractivity contribution is 6.04. The predicted molar refractivity (Wildman–Crippen MR) is 157 cm³/mol. The number of aromatic nitrogens is 2. The van der Waals surface area contributed by atoms with Crippen LogP contribution in [0.2, 0.25) is 0 Å². The fraction of sp³-hybridized carbons (Fsp3) is 0.600. The molecule has 41 heavy (non-hydrogen) atoms. The normalized spacial score (nSPS) is 24.8. The Hall–Kier alpha value is -3.44. The molecular formula is C30H41N7O4. The van der Waals surface area contributed by atoms with E-state index in [1.807, 2.05) is 6.07 Å². The van der Waals surface area contributed by atoms with Crippen LogP contribution in [0.5, 0.6) is 5.75 Å². The van der Waals surface area contributed by atoms with Crippen molar-refractivity contribution in [3.05, 3.63) is 30.0 Å². The maximum atomic E-state index is 13.2. The molecule has 3 aliphatic heterocycles. The van der Waals surface area contributed by atoms with E-state index in [1.54, 1.807) is 37.4 Å². The molecule has 4 heterocycles. The van der Waals surface area contributed by atoms with E-state index in [4.69, 9.17) is 14.5 Å². The fourth-order valence-corrected chi connectivity index (χ4v) is 6.82. The standard InChI is InChI=1S/C30H41N7O4/c1-4-24-29(39)35(2)25-16-32-30(34-27(25)37(24)20-8-5-6-9-20)33-23-12-11-19(14-26(23)40-3)28(38)31-15-22-17-36-13-7-10-21(36)18-41-22/h11-12,14,16,20-22,24H,4-10,13,15,17-18H2,1-3H3,(H,31,38)(H,32,33,34)/t21-,22+,24+/m0/s1. The van der Waals surface area contributed by atoms with Gasteiger partial charge in [0, 0.05) is 37.8 Å². The second-order valence-electron chi connectivity index (χ2n) is 11.6. The number of nitrogens with zero attached hydrogens (tertiary/aromatic N) is 5. The van der Waals surface area contributed by atoms with Crippen LogP contribution >= 0.6 is 0 Å². The van der Waals surface area contributed by atoms with Crippen molar-refractivity contribution in [1.29, 1.82) is 0 Å². The molecule has 3 fully saturated rings. The minimum Gasteiger partial charge on any atom is -0.495 e. The zero-order valence-electron chi connectivity index (χ0n) is 24.3. The minimum atomic E-state index is -0.235. The maximum Gasteiger partial charge on any atom is 0.251 e. The third kappa shape index (κ3) is 5.44. The number of likely N-dealkylation sites (N-methyl/N-ethyl adjacent to an activating group) is 1. The van der Waals surface area contributed by atoms with E-state index < -0.39 is 0 Å². The van der Waals surface area contributed by atoms with Gasteiger partial charge in [-0.05, 0) is 56.8 Å². The molecule has 2 amide bonds. The van der Waals surface area contributed by atoms with Crippen molar-refractivity contribution in [3.63, 3.8) is 0 Å². The summed E-state index contributed by atoms with van der Waals surface area (Å²) in [4.78, 5) is 41.9. The van der Waals surface area contributed by atoms with Crippen LogP contribution in [-0.2, 0) is 9.53 Å². The van der Waals surface area contributed by atoms with E-state index in [2.05, 4.69) is 32.3 Å². The Kier molecular flexibility index (Phi) is 7.99. The predicted octanol–water partition coefficient (Wildman–Crippen LogP) is 3.33. The number of hydrogen-bond donors (Lipinski definition) is 2. The largest absolute Gasteiger partial charge is 0.495 e. The monoisotopic (exact) mass is 563 g/mol. The Labute approximate surface area is 241 Å². The van der Waals surface area contributed by atoms with Gasteiger partial charge >= 0.3 is 0 Å². The molecule has 1 saturated carbocycles. The number of amides is 2. The first kappa shape index (κ1) is 27.7. The number of hydrogen-bond acceptors (Lipinski definition) is 9. The van der Waals surface area contributed by atoms with Gasteiger partial charge in [-0.2, -0.15) is 4.98 Å². The molecule has 0 spiro atoms. The van der Waals surface area contributed by atoms with Crippen molar-refractivity contribution >= 4 is 35.0 Å². The van der Waals surface area contributed by atoms with Gasteiger partial charge in [-0.3, -0.25) is 14.5 Å². The lowest BCUT2D eigenvalue weighted by Gasteiger charge is -2.43. The fourth-order valence-electron chi connectivity index (χ4n) is 6.82. The summed E-state index contributed by atoms with van der Waals surface area (Å²) in [7, 11) is 3.37. The second-order valence-corrected chi connectivity index (χ2v) is 11.6. The minimum absolute atomic E-state index is 0.00253. The summed E-state index contributed by atoms with van der Waals surface area (Å²) in [5.74, 6) is 1.62. The Morgan fingerprint density at radius 1 is 1.17 bits per heavy atom. The number of benzene rings is 1. The zero-order chi connectivity index (χ0) is 28.5. The van der Waals surface area contributed by atoms with Crippen molar-refractivity contribution in [3.8, 4) is 5.75 Å². The number of rotatable bonds is 8. The average molecular weight is 564 g/mol. The molecule has 6 rings (SSSR count). The highest BCUT2D eigenvalue weighted by atomic mass is 16.5. The number of fused-ring (bicyclic) bond motifs is 2. The van der Waals surface area contributed by atoms with E-state index in [0.717, 1.165) is 63.3 Å². The molecule has 4 aliphatic rings. The van der Waals surface area contributed by atoms with Crippen LogP contribution in [0.15, 0.2) is 24.4 Å². The first-order valence-corrected chi connectivity index (χ1v) is 15.0. The van der Waals surface area contributed by atoms with Gasteiger partial charge in [0.1, 0.15) is 17.5 Å². The van der Waals surface area contributed by atoms with Crippen LogP contribution in [0.25, 0.3) is 0 Å². The smallest absolute Gasteiger partial charge is 0.251 e. The van der Waals surface area contributed by atoms with Crippen LogP contribution in [0.4, 0.5) is 23.1 Å². The van der Waals surface area contributed by atoms with Crippen LogP contribution < -0.4 is 25.2 Å². The van der Waals surface area contributed by atoms with Gasteiger partial charge in [-0.15, -0.1) is 0 Å². The van der Waals surface area contributed by atoms with Gasteiger partial charge < -0.3 is 29.9 Å². The SMILES string of the molecule is CC[C@@H]1C(=O)N(C)c2cnc(Nc3ccc(C(=O)NC[C@@H]4CN5CCC[C@H]5CO4)cc3OC)nc2N1C1CCCC1. The van der Waals surface area contributed by atoms with Gasteiger partial charge in [0.15, 0.2) is 5.82 Å². The van der Waals surface area contributed by atoms with E-state index in [9.17, 15) is 9.59 Å². The number of anilines is 4. The van der Waals surface area contributed by atoms with Crippen molar-refractivity contribution < 1.29 is 19.1 Å². The van der Waals surface area contributed by atoms with Gasteiger partial charge in [-0.25, -0.2) is 4.98 Å². The van der Waals surface area contributed by atoms with Gasteiger partial charge in [0.2, 0.25) is 11.9 Å². The molecule has 3 atom stereocenters. The van der Waals surface area contributed by atoms with Gasteiger partial charge in [0.25, 0.3) is 5.91 Å². The number of methoxy groups -OCH3 is 1. The number of nitrogens with one attached hydrogen (secondary N) is 2. The Bertz CT molecular complexity index is 1280. The molecule has 2 N–H and O–H groups in total. The van der Waals surface area contributed by atoms with Gasteiger partial charge in [0.05, 0.1) is 31.7 Å². The van der Waals surface area contributed by atoms with Crippen LogP contribution in [0, 0.1) is 0 Å². The van der Waals surface area contributed by atoms with Crippen molar-refractivity contribution in [2.45, 2.75) is 76.1 Å². The molecule has 1 aromatic carbocycles. The molecule has 0 unspecified atom stereocenters.